The molecule has 0 aromatic heterocycles. The highest BCUT2D eigenvalue weighted by Gasteiger charge is 2.33. The van der Waals surface area contributed by atoms with Gasteiger partial charge in [0, 0.05) is 12.1 Å². The van der Waals surface area contributed by atoms with E-state index in [1.165, 1.54) is 6.92 Å². The summed E-state index contributed by atoms with van der Waals surface area (Å²) in [6.07, 6.45) is -4.74. The SMILES string of the molecule is CC(C)NC(=O)COC(=O)[C@@H](C)Nc1ccc(C(F)(F)F)cc1[N+](=O)[O-]. The zero-order valence-electron chi connectivity index (χ0n) is 14.2. The Morgan fingerprint density at radius 1 is 1.27 bits per heavy atom. The minimum Gasteiger partial charge on any atom is -0.454 e. The van der Waals surface area contributed by atoms with Crippen molar-refractivity contribution in [1.29, 1.82) is 0 Å². The Labute approximate surface area is 146 Å². The summed E-state index contributed by atoms with van der Waals surface area (Å²) in [6, 6.07) is 0.611. The summed E-state index contributed by atoms with van der Waals surface area (Å²) < 4.78 is 42.7. The number of rotatable bonds is 7. The van der Waals surface area contributed by atoms with Crippen LogP contribution in [0.25, 0.3) is 0 Å². The Morgan fingerprint density at radius 2 is 1.88 bits per heavy atom. The summed E-state index contributed by atoms with van der Waals surface area (Å²) in [5, 5.41) is 15.9. The van der Waals surface area contributed by atoms with Crippen LogP contribution in [0.15, 0.2) is 18.2 Å². The van der Waals surface area contributed by atoms with Crippen molar-refractivity contribution >= 4 is 23.3 Å². The second-order valence-corrected chi connectivity index (χ2v) is 5.68. The first-order valence-corrected chi connectivity index (χ1v) is 7.50. The summed E-state index contributed by atoms with van der Waals surface area (Å²) in [7, 11) is 0. The fourth-order valence-electron chi connectivity index (χ4n) is 1.90. The molecule has 1 aromatic rings. The van der Waals surface area contributed by atoms with Gasteiger partial charge >= 0.3 is 12.1 Å². The average molecular weight is 377 g/mol. The van der Waals surface area contributed by atoms with Crippen molar-refractivity contribution < 1.29 is 32.4 Å². The van der Waals surface area contributed by atoms with Crippen LogP contribution in [0.2, 0.25) is 0 Å². The molecule has 144 valence electrons. The quantitative estimate of drug-likeness (QED) is 0.429. The maximum atomic E-state index is 12.7. The van der Waals surface area contributed by atoms with E-state index < -0.39 is 46.9 Å². The van der Waals surface area contributed by atoms with Crippen molar-refractivity contribution in [3.63, 3.8) is 0 Å². The molecule has 0 fully saturated rings. The number of amides is 1. The van der Waals surface area contributed by atoms with Crippen LogP contribution in [0.1, 0.15) is 26.3 Å². The normalized spacial score (nSPS) is 12.4. The molecule has 11 heteroatoms. The highest BCUT2D eigenvalue weighted by atomic mass is 19.4. The topological polar surface area (TPSA) is 111 Å². The number of nitro groups is 1. The summed E-state index contributed by atoms with van der Waals surface area (Å²) in [4.78, 5) is 33.2. The van der Waals surface area contributed by atoms with E-state index in [2.05, 4.69) is 10.6 Å². The van der Waals surface area contributed by atoms with Crippen LogP contribution >= 0.6 is 0 Å². The largest absolute Gasteiger partial charge is 0.454 e. The fourth-order valence-corrected chi connectivity index (χ4v) is 1.90. The predicted molar refractivity (Wildman–Crippen MR) is 85.4 cm³/mol. The number of nitrogens with one attached hydrogen (secondary N) is 2. The van der Waals surface area contributed by atoms with Gasteiger partial charge < -0.3 is 15.4 Å². The summed E-state index contributed by atoms with van der Waals surface area (Å²) in [5.74, 6) is -1.42. The molecule has 0 aliphatic heterocycles. The van der Waals surface area contributed by atoms with E-state index in [9.17, 15) is 32.9 Å². The van der Waals surface area contributed by atoms with Crippen molar-refractivity contribution in [2.24, 2.45) is 0 Å². The second kappa shape index (κ2) is 8.50. The van der Waals surface area contributed by atoms with Crippen LogP contribution < -0.4 is 10.6 Å². The van der Waals surface area contributed by atoms with Crippen LogP contribution in [-0.4, -0.2) is 35.5 Å². The number of hydrogen-bond acceptors (Lipinski definition) is 6. The Kier molecular flexibility index (Phi) is 6.93. The molecule has 0 unspecified atom stereocenters. The molecule has 0 aliphatic carbocycles. The Morgan fingerprint density at radius 3 is 2.38 bits per heavy atom. The van der Waals surface area contributed by atoms with Crippen molar-refractivity contribution in [2.75, 3.05) is 11.9 Å². The van der Waals surface area contributed by atoms with E-state index in [0.717, 1.165) is 6.07 Å². The van der Waals surface area contributed by atoms with Gasteiger partial charge in [-0.25, -0.2) is 4.79 Å². The lowest BCUT2D eigenvalue weighted by Gasteiger charge is -2.16. The first-order chi connectivity index (χ1) is 11.9. The van der Waals surface area contributed by atoms with E-state index >= 15 is 0 Å². The second-order valence-electron chi connectivity index (χ2n) is 5.68. The molecule has 0 heterocycles. The molecule has 0 saturated carbocycles. The number of halogens is 3. The van der Waals surface area contributed by atoms with Gasteiger partial charge in [-0.15, -0.1) is 0 Å². The van der Waals surface area contributed by atoms with Gasteiger partial charge in [0.05, 0.1) is 10.5 Å². The van der Waals surface area contributed by atoms with E-state index in [1.54, 1.807) is 13.8 Å². The maximum Gasteiger partial charge on any atom is 0.416 e. The standard InChI is InChI=1S/C15H18F3N3O5/c1-8(2)19-13(22)7-26-14(23)9(3)20-11-5-4-10(15(16,17)18)6-12(11)21(24)25/h4-6,8-9,20H,7H2,1-3H3,(H,19,22)/t9-/m1/s1. The van der Waals surface area contributed by atoms with Gasteiger partial charge in [-0.3, -0.25) is 14.9 Å². The van der Waals surface area contributed by atoms with Crippen LogP contribution in [-0.2, 0) is 20.5 Å². The van der Waals surface area contributed by atoms with Gasteiger partial charge in [0.1, 0.15) is 11.7 Å². The molecule has 0 aliphatic rings. The molecule has 1 rings (SSSR count). The van der Waals surface area contributed by atoms with Gasteiger partial charge in [0.15, 0.2) is 6.61 Å². The molecule has 0 radical (unpaired) electrons. The number of esters is 1. The number of nitrogens with zero attached hydrogens (tertiary/aromatic N) is 1. The van der Waals surface area contributed by atoms with Gasteiger partial charge in [-0.2, -0.15) is 13.2 Å². The lowest BCUT2D eigenvalue weighted by Crippen LogP contribution is -2.36. The molecule has 0 saturated heterocycles. The third-order valence-corrected chi connectivity index (χ3v) is 3.04. The number of carbonyl (C=O) groups is 2. The third-order valence-electron chi connectivity index (χ3n) is 3.04. The smallest absolute Gasteiger partial charge is 0.416 e. The fraction of sp³-hybridized carbons (Fsp3) is 0.467. The van der Waals surface area contributed by atoms with Gasteiger partial charge in [0.25, 0.3) is 11.6 Å². The molecule has 8 nitrogen and oxygen atoms in total. The Bertz CT molecular complexity index is 692. The van der Waals surface area contributed by atoms with Crippen LogP contribution in [0.4, 0.5) is 24.5 Å². The first-order valence-electron chi connectivity index (χ1n) is 7.50. The zero-order valence-corrected chi connectivity index (χ0v) is 14.2. The number of ether oxygens (including phenoxy) is 1. The van der Waals surface area contributed by atoms with Crippen molar-refractivity contribution in [3.05, 3.63) is 33.9 Å². The molecule has 0 spiro atoms. The number of alkyl halides is 3. The minimum atomic E-state index is -4.74. The van der Waals surface area contributed by atoms with Gasteiger partial charge in [0.2, 0.25) is 0 Å². The van der Waals surface area contributed by atoms with Crippen LogP contribution in [0.5, 0.6) is 0 Å². The Balaban J connectivity index is 2.82. The molecule has 1 aromatic carbocycles. The summed E-state index contributed by atoms with van der Waals surface area (Å²) in [5.41, 5.74) is -2.30. The molecular formula is C15H18F3N3O5. The molecule has 2 N–H and O–H groups in total. The van der Waals surface area contributed by atoms with Crippen molar-refractivity contribution in [1.82, 2.24) is 5.32 Å². The van der Waals surface area contributed by atoms with E-state index in [1.807, 2.05) is 0 Å². The molecular weight excluding hydrogens is 359 g/mol. The van der Waals surface area contributed by atoms with Crippen LogP contribution in [0, 0.1) is 10.1 Å². The number of carbonyl (C=O) groups excluding carboxylic acids is 2. The predicted octanol–water partition coefficient (Wildman–Crippen LogP) is 2.48. The van der Waals surface area contributed by atoms with Crippen LogP contribution in [0.3, 0.4) is 0 Å². The zero-order chi connectivity index (χ0) is 20.1. The lowest BCUT2D eigenvalue weighted by molar-refractivity contribution is -0.384. The Hall–Kier alpha value is -2.85. The summed E-state index contributed by atoms with van der Waals surface area (Å²) >= 11 is 0. The molecule has 1 atom stereocenters. The summed E-state index contributed by atoms with van der Waals surface area (Å²) in [6.45, 7) is 4.18. The van der Waals surface area contributed by atoms with E-state index in [-0.39, 0.29) is 11.7 Å². The van der Waals surface area contributed by atoms with E-state index in [0.29, 0.717) is 12.1 Å². The van der Waals surface area contributed by atoms with Gasteiger partial charge in [-0.05, 0) is 32.9 Å². The highest BCUT2D eigenvalue weighted by Crippen LogP contribution is 2.35. The van der Waals surface area contributed by atoms with Gasteiger partial charge in [-0.1, -0.05) is 0 Å². The van der Waals surface area contributed by atoms with Crippen molar-refractivity contribution in [2.45, 2.75) is 39.0 Å². The number of hydrogen-bond donors (Lipinski definition) is 2. The lowest BCUT2D eigenvalue weighted by atomic mass is 10.1. The third kappa shape index (κ3) is 6.22. The maximum absolute atomic E-state index is 12.7. The number of benzene rings is 1. The molecule has 1 amide bonds. The number of anilines is 1. The van der Waals surface area contributed by atoms with E-state index in [4.69, 9.17) is 4.74 Å². The average Bonchev–Trinajstić information content (AvgIpc) is 2.50. The first kappa shape index (κ1) is 21.2. The molecule has 0 bridgehead atoms. The highest BCUT2D eigenvalue weighted by molar-refractivity contribution is 5.84. The van der Waals surface area contributed by atoms with Crippen molar-refractivity contribution in [3.8, 4) is 0 Å². The monoisotopic (exact) mass is 377 g/mol. The minimum absolute atomic E-state index is 0.147. The molecule has 26 heavy (non-hydrogen) atoms. The number of nitro benzene ring substituents is 1.